The molecule has 19 heavy (non-hydrogen) atoms. The molecule has 1 aromatic carbocycles. The zero-order valence-electron chi connectivity index (χ0n) is 9.95. The Bertz CT molecular complexity index is 757. The normalized spacial score (nSPS) is 10.9. The molecule has 1 N–H and O–H groups in total. The molecule has 0 fully saturated rings. The molecule has 3 nitrogen and oxygen atoms in total. The number of rotatable bonds is 2. The maximum atomic E-state index is 13.6. The van der Waals surface area contributed by atoms with Gasteiger partial charge in [-0.25, -0.2) is 9.37 Å². The molecule has 0 aliphatic carbocycles. The monoisotopic (exact) mass is 293 g/mol. The van der Waals surface area contributed by atoms with Crippen molar-refractivity contribution in [2.45, 2.75) is 6.92 Å². The third-order valence-electron chi connectivity index (χ3n) is 2.62. The molecule has 3 rings (SSSR count). The Labute approximate surface area is 118 Å². The molecule has 0 unspecified atom stereocenters. The molecule has 3 aromatic rings. The van der Waals surface area contributed by atoms with Crippen molar-refractivity contribution in [2.24, 2.45) is 0 Å². The lowest BCUT2D eigenvalue weighted by atomic mass is 10.3. The number of benzene rings is 1. The second-order valence-electron chi connectivity index (χ2n) is 4.02. The van der Waals surface area contributed by atoms with Crippen molar-refractivity contribution in [1.82, 2.24) is 9.97 Å². The summed E-state index contributed by atoms with van der Waals surface area (Å²) in [6.07, 6.45) is 0. The summed E-state index contributed by atoms with van der Waals surface area (Å²) in [5.41, 5.74) is 0.363. The van der Waals surface area contributed by atoms with Crippen molar-refractivity contribution in [3.63, 3.8) is 0 Å². The number of para-hydroxylation sites is 1. The van der Waals surface area contributed by atoms with Gasteiger partial charge in [0.05, 0.1) is 11.1 Å². The number of fused-ring (bicyclic) bond motifs is 1. The summed E-state index contributed by atoms with van der Waals surface area (Å²) >= 11 is 7.42. The van der Waals surface area contributed by atoms with Crippen LogP contribution in [-0.2, 0) is 0 Å². The maximum absolute atomic E-state index is 13.6. The molecular weight excluding hydrogens is 285 g/mol. The number of anilines is 2. The van der Waals surface area contributed by atoms with Gasteiger partial charge in [-0.1, -0.05) is 12.1 Å². The van der Waals surface area contributed by atoms with E-state index in [2.05, 4.69) is 15.3 Å². The highest BCUT2D eigenvalue weighted by Gasteiger charge is 2.11. The van der Waals surface area contributed by atoms with Crippen LogP contribution in [0.4, 0.5) is 15.9 Å². The van der Waals surface area contributed by atoms with Gasteiger partial charge in [-0.2, -0.15) is 4.98 Å². The highest BCUT2D eigenvalue weighted by molar-refractivity contribution is 7.18. The fourth-order valence-corrected chi connectivity index (χ4v) is 2.90. The Balaban J connectivity index is 2.12. The lowest BCUT2D eigenvalue weighted by Crippen LogP contribution is -1.97. The van der Waals surface area contributed by atoms with Crippen LogP contribution in [0, 0.1) is 12.7 Å². The third-order valence-corrected chi connectivity index (χ3v) is 3.73. The van der Waals surface area contributed by atoms with Gasteiger partial charge in [-0.15, -0.1) is 11.3 Å². The first kappa shape index (κ1) is 12.3. The summed E-state index contributed by atoms with van der Waals surface area (Å²) in [7, 11) is 0. The van der Waals surface area contributed by atoms with Gasteiger partial charge in [0.15, 0.2) is 0 Å². The number of thiophene rings is 1. The second kappa shape index (κ2) is 4.75. The molecule has 0 amide bonds. The molecule has 0 aliphatic rings. The molecule has 2 heterocycles. The predicted molar refractivity (Wildman–Crippen MR) is 76.8 cm³/mol. The molecule has 0 saturated carbocycles. The summed E-state index contributed by atoms with van der Waals surface area (Å²) in [6, 6.07) is 8.39. The van der Waals surface area contributed by atoms with Crippen LogP contribution >= 0.6 is 22.9 Å². The van der Waals surface area contributed by atoms with E-state index in [1.807, 2.05) is 13.0 Å². The van der Waals surface area contributed by atoms with E-state index in [1.54, 1.807) is 18.2 Å². The molecule has 6 heteroatoms. The van der Waals surface area contributed by atoms with E-state index in [9.17, 15) is 4.39 Å². The molecule has 0 bridgehead atoms. The van der Waals surface area contributed by atoms with Crippen molar-refractivity contribution >= 4 is 44.7 Å². The van der Waals surface area contributed by atoms with Crippen LogP contribution in [0.2, 0.25) is 5.28 Å². The molecule has 0 spiro atoms. The Morgan fingerprint density at radius 3 is 2.84 bits per heavy atom. The van der Waals surface area contributed by atoms with Crippen LogP contribution in [-0.4, -0.2) is 9.97 Å². The summed E-state index contributed by atoms with van der Waals surface area (Å²) in [6.45, 7) is 1.98. The maximum Gasteiger partial charge on any atom is 0.225 e. The number of halogens is 2. The van der Waals surface area contributed by atoms with Crippen molar-refractivity contribution < 1.29 is 4.39 Å². The highest BCUT2D eigenvalue weighted by Crippen LogP contribution is 2.31. The fraction of sp³-hybridized carbons (Fsp3) is 0.0769. The number of nitrogens with one attached hydrogen (secondary N) is 1. The van der Waals surface area contributed by atoms with Crippen LogP contribution in [0.3, 0.4) is 0 Å². The Kier molecular flexibility index (Phi) is 3.08. The molecule has 0 atom stereocenters. The Morgan fingerprint density at radius 1 is 1.26 bits per heavy atom. The predicted octanol–water partition coefficient (Wildman–Crippen LogP) is 4.54. The lowest BCUT2D eigenvalue weighted by molar-refractivity contribution is 0.632. The van der Waals surface area contributed by atoms with Crippen LogP contribution in [0.15, 0.2) is 30.3 Å². The number of hydrogen-bond acceptors (Lipinski definition) is 4. The van der Waals surface area contributed by atoms with Gasteiger partial charge < -0.3 is 5.32 Å². The molecule has 2 aromatic heterocycles. The summed E-state index contributed by atoms with van der Waals surface area (Å²) in [4.78, 5) is 10.2. The molecule has 96 valence electrons. The van der Waals surface area contributed by atoms with E-state index >= 15 is 0 Å². The van der Waals surface area contributed by atoms with Gasteiger partial charge in [-0.05, 0) is 36.7 Å². The standard InChI is InChI=1S/C13H9ClFN3S/c1-7-6-8-11(17-13(14)18-12(8)19-7)16-10-5-3-2-4-9(10)15/h2-6H,1H3,(H,16,17,18). The summed E-state index contributed by atoms with van der Waals surface area (Å²) in [5.74, 6) is 0.182. The topological polar surface area (TPSA) is 37.8 Å². The fourth-order valence-electron chi connectivity index (χ4n) is 1.80. The van der Waals surface area contributed by atoms with E-state index in [0.29, 0.717) is 11.5 Å². The van der Waals surface area contributed by atoms with Gasteiger partial charge >= 0.3 is 0 Å². The van der Waals surface area contributed by atoms with Gasteiger partial charge in [0, 0.05) is 4.88 Å². The van der Waals surface area contributed by atoms with Crippen LogP contribution in [0.25, 0.3) is 10.2 Å². The van der Waals surface area contributed by atoms with E-state index in [-0.39, 0.29) is 11.1 Å². The SMILES string of the molecule is Cc1cc2c(Nc3ccccc3F)nc(Cl)nc2s1. The van der Waals surface area contributed by atoms with E-state index in [0.717, 1.165) is 15.1 Å². The second-order valence-corrected chi connectivity index (χ2v) is 5.59. The average Bonchev–Trinajstić information content (AvgIpc) is 2.72. The Hall–Kier alpha value is -1.72. The van der Waals surface area contributed by atoms with E-state index < -0.39 is 0 Å². The zero-order chi connectivity index (χ0) is 13.4. The quantitative estimate of drug-likeness (QED) is 0.705. The van der Waals surface area contributed by atoms with Crippen molar-refractivity contribution in [3.05, 3.63) is 46.3 Å². The van der Waals surface area contributed by atoms with Gasteiger partial charge in [-0.3, -0.25) is 0 Å². The minimum Gasteiger partial charge on any atom is -0.337 e. The van der Waals surface area contributed by atoms with Gasteiger partial charge in [0.2, 0.25) is 5.28 Å². The number of hydrogen-bond donors (Lipinski definition) is 1. The first-order valence-corrected chi connectivity index (χ1v) is 6.78. The number of aromatic nitrogens is 2. The minimum absolute atomic E-state index is 0.146. The average molecular weight is 294 g/mol. The number of nitrogens with zero attached hydrogens (tertiary/aromatic N) is 2. The Morgan fingerprint density at radius 2 is 2.05 bits per heavy atom. The third kappa shape index (κ3) is 2.39. The summed E-state index contributed by atoms with van der Waals surface area (Å²) < 4.78 is 13.6. The van der Waals surface area contributed by atoms with Crippen LogP contribution < -0.4 is 5.32 Å². The minimum atomic E-state index is -0.336. The largest absolute Gasteiger partial charge is 0.337 e. The molecular formula is C13H9ClFN3S. The first-order valence-electron chi connectivity index (χ1n) is 5.59. The zero-order valence-corrected chi connectivity index (χ0v) is 11.5. The smallest absolute Gasteiger partial charge is 0.225 e. The van der Waals surface area contributed by atoms with E-state index in [1.165, 1.54) is 17.4 Å². The molecule has 0 saturated heterocycles. The van der Waals surface area contributed by atoms with E-state index in [4.69, 9.17) is 11.6 Å². The molecule has 0 radical (unpaired) electrons. The van der Waals surface area contributed by atoms with Crippen LogP contribution in [0.1, 0.15) is 4.88 Å². The van der Waals surface area contributed by atoms with Gasteiger partial charge in [0.1, 0.15) is 16.5 Å². The van der Waals surface area contributed by atoms with Crippen molar-refractivity contribution in [1.29, 1.82) is 0 Å². The lowest BCUT2D eigenvalue weighted by Gasteiger charge is -2.07. The summed E-state index contributed by atoms with van der Waals surface area (Å²) in [5, 5.41) is 3.95. The van der Waals surface area contributed by atoms with Crippen molar-refractivity contribution in [2.75, 3.05) is 5.32 Å². The van der Waals surface area contributed by atoms with Gasteiger partial charge in [0.25, 0.3) is 0 Å². The highest BCUT2D eigenvalue weighted by atomic mass is 35.5. The first-order chi connectivity index (χ1) is 9.13. The molecule has 0 aliphatic heterocycles. The van der Waals surface area contributed by atoms with Crippen LogP contribution in [0.5, 0.6) is 0 Å². The van der Waals surface area contributed by atoms with Crippen molar-refractivity contribution in [3.8, 4) is 0 Å². The number of aryl methyl sites for hydroxylation is 1.